The Morgan fingerprint density at radius 3 is 1.11 bits per heavy atom. The van der Waals surface area contributed by atoms with Crippen LogP contribution in [0.15, 0.2) is 249 Å². The van der Waals surface area contributed by atoms with Gasteiger partial charge >= 0.3 is 0 Å². The lowest BCUT2D eigenvalue weighted by Gasteiger charge is -2.15. The van der Waals surface area contributed by atoms with E-state index in [9.17, 15) is 0 Å². The largest absolute Gasteiger partial charge is 0.309 e. The third kappa shape index (κ3) is 7.68. The maximum Gasteiger partial charge on any atom is 0.160 e. The van der Waals surface area contributed by atoms with Crippen molar-refractivity contribution in [2.45, 2.75) is 27.7 Å². The Labute approximate surface area is 458 Å². The number of fused-ring (bicyclic) bond motifs is 9. The van der Waals surface area contributed by atoms with Crippen LogP contribution in [0.5, 0.6) is 0 Å². The maximum absolute atomic E-state index is 5.19. The summed E-state index contributed by atoms with van der Waals surface area (Å²) < 4.78 is 7.28. The Morgan fingerprint density at radius 2 is 0.633 bits per heavy atom. The lowest BCUT2D eigenvalue weighted by molar-refractivity contribution is 1.16. The normalized spacial score (nSPS) is 11.8. The third-order valence-electron chi connectivity index (χ3n) is 16.2. The van der Waals surface area contributed by atoms with E-state index in [-0.39, 0.29) is 0 Å². The molecular weight excluding hydrogens is 959 g/mol. The first-order valence-corrected chi connectivity index (χ1v) is 27.2. The minimum atomic E-state index is 0.728. The Hall–Kier alpha value is -10.1. The van der Waals surface area contributed by atoms with Crippen molar-refractivity contribution in [1.29, 1.82) is 0 Å². The second kappa shape index (κ2) is 18.3. The summed E-state index contributed by atoms with van der Waals surface area (Å²) in [7, 11) is 0. The first kappa shape index (κ1) is 46.2. The minimum Gasteiger partial charge on any atom is -0.309 e. The first-order valence-electron chi connectivity index (χ1n) is 27.2. The van der Waals surface area contributed by atoms with Crippen molar-refractivity contribution in [1.82, 2.24) is 23.7 Å². The van der Waals surface area contributed by atoms with Crippen LogP contribution in [0.2, 0.25) is 0 Å². The van der Waals surface area contributed by atoms with Gasteiger partial charge in [0.15, 0.2) is 5.82 Å². The summed E-state index contributed by atoms with van der Waals surface area (Å²) in [5.74, 6) is 0.728. The van der Waals surface area contributed by atoms with Crippen molar-refractivity contribution in [3.05, 3.63) is 271 Å². The number of aryl methyl sites for hydroxylation is 4. The molecular formula is C74H53N5. The molecule has 0 aliphatic rings. The van der Waals surface area contributed by atoms with Gasteiger partial charge < -0.3 is 13.7 Å². The molecule has 4 heterocycles. The Bertz CT molecular complexity index is 4570. The highest BCUT2D eigenvalue weighted by atomic mass is 15.0. The van der Waals surface area contributed by atoms with Crippen molar-refractivity contribution in [2.75, 3.05) is 0 Å². The topological polar surface area (TPSA) is 40.6 Å². The monoisotopic (exact) mass is 1010 g/mol. The predicted octanol–water partition coefficient (Wildman–Crippen LogP) is 19.3. The molecule has 15 rings (SSSR count). The summed E-state index contributed by atoms with van der Waals surface area (Å²) in [4.78, 5) is 10.3. The number of rotatable bonds is 8. The molecule has 0 aliphatic heterocycles. The molecule has 374 valence electrons. The fraction of sp³-hybridized carbons (Fsp3) is 0.0541. The average Bonchev–Trinajstić information content (AvgIpc) is 4.25. The molecule has 0 radical (unpaired) electrons. The number of benzene rings is 11. The van der Waals surface area contributed by atoms with Gasteiger partial charge in [-0.1, -0.05) is 157 Å². The molecule has 0 fully saturated rings. The number of nitrogens with zero attached hydrogens (tertiary/aromatic N) is 5. The van der Waals surface area contributed by atoms with E-state index in [1.165, 1.54) is 98.9 Å². The van der Waals surface area contributed by atoms with Gasteiger partial charge in [-0.15, -0.1) is 0 Å². The molecule has 0 spiro atoms. The second-order valence-electron chi connectivity index (χ2n) is 21.3. The Balaban J connectivity index is 0.799. The number of aromatic nitrogens is 5. The second-order valence-corrected chi connectivity index (χ2v) is 21.3. The van der Waals surface area contributed by atoms with E-state index in [2.05, 4.69) is 290 Å². The van der Waals surface area contributed by atoms with Crippen LogP contribution in [0.25, 0.3) is 139 Å². The fourth-order valence-corrected chi connectivity index (χ4v) is 12.6. The molecule has 0 bridgehead atoms. The summed E-state index contributed by atoms with van der Waals surface area (Å²) in [6.45, 7) is 8.67. The molecule has 5 nitrogen and oxygen atoms in total. The zero-order valence-electron chi connectivity index (χ0n) is 44.4. The zero-order valence-corrected chi connectivity index (χ0v) is 44.4. The summed E-state index contributed by atoms with van der Waals surface area (Å²) >= 11 is 0. The molecule has 4 aromatic heterocycles. The maximum atomic E-state index is 5.19. The summed E-state index contributed by atoms with van der Waals surface area (Å²) in [6.07, 6.45) is 0. The number of para-hydroxylation sites is 4. The lowest BCUT2D eigenvalue weighted by atomic mass is 9.91. The molecule has 0 saturated carbocycles. The van der Waals surface area contributed by atoms with Gasteiger partial charge in [0.1, 0.15) is 0 Å². The molecule has 0 saturated heterocycles. The zero-order chi connectivity index (χ0) is 52.9. The SMILES string of the molecule is Cc1cccc(-c2cc(-c3cc(C)c(-c4ccc(-c5ccc(-n6c7ccc(-n8c9ccccc9c9ccccc98)cc7c7cc(-n8c9ccccc9c9ccccc98)ccc76)cc5)cc4)c(C)c3)nc(-c3cccc(C)c3)n2)c1. The molecule has 0 atom stereocenters. The van der Waals surface area contributed by atoms with Crippen LogP contribution >= 0.6 is 0 Å². The molecule has 15 aromatic rings. The molecule has 0 N–H and O–H groups in total. The highest BCUT2D eigenvalue weighted by Gasteiger charge is 2.20. The smallest absolute Gasteiger partial charge is 0.160 e. The third-order valence-corrected chi connectivity index (χ3v) is 16.2. The number of hydrogen-bond donors (Lipinski definition) is 0. The predicted molar refractivity (Wildman–Crippen MR) is 331 cm³/mol. The molecule has 0 amide bonds. The van der Waals surface area contributed by atoms with Gasteiger partial charge in [0.2, 0.25) is 0 Å². The highest BCUT2D eigenvalue weighted by molar-refractivity contribution is 6.14. The summed E-state index contributed by atoms with van der Waals surface area (Å²) in [5.41, 5.74) is 25.1. The van der Waals surface area contributed by atoms with Crippen LogP contribution in [0.4, 0.5) is 0 Å². The van der Waals surface area contributed by atoms with E-state index in [1.807, 2.05) is 0 Å². The van der Waals surface area contributed by atoms with E-state index in [1.54, 1.807) is 0 Å². The minimum absolute atomic E-state index is 0.728. The first-order chi connectivity index (χ1) is 38.8. The van der Waals surface area contributed by atoms with Gasteiger partial charge in [0.25, 0.3) is 0 Å². The highest BCUT2D eigenvalue weighted by Crippen LogP contribution is 2.41. The van der Waals surface area contributed by atoms with Crippen molar-refractivity contribution in [3.63, 3.8) is 0 Å². The Morgan fingerprint density at radius 1 is 0.253 bits per heavy atom. The van der Waals surface area contributed by atoms with Gasteiger partial charge in [-0.05, 0) is 164 Å². The average molecular weight is 1010 g/mol. The van der Waals surface area contributed by atoms with Crippen molar-refractivity contribution in [2.24, 2.45) is 0 Å². The molecule has 0 unspecified atom stereocenters. The fourth-order valence-electron chi connectivity index (χ4n) is 12.6. The molecule has 0 aliphatic carbocycles. The van der Waals surface area contributed by atoms with E-state index in [0.717, 1.165) is 62.0 Å². The van der Waals surface area contributed by atoms with Gasteiger partial charge in [-0.3, -0.25) is 0 Å². The summed E-state index contributed by atoms with van der Waals surface area (Å²) in [6, 6.07) is 90.9. The van der Waals surface area contributed by atoms with Gasteiger partial charge in [0.05, 0.1) is 44.5 Å². The van der Waals surface area contributed by atoms with Gasteiger partial charge in [0, 0.05) is 66.1 Å². The summed E-state index contributed by atoms with van der Waals surface area (Å²) in [5, 5.41) is 7.41. The van der Waals surface area contributed by atoms with Crippen LogP contribution in [0, 0.1) is 27.7 Å². The van der Waals surface area contributed by atoms with E-state index in [0.29, 0.717) is 0 Å². The quantitative estimate of drug-likeness (QED) is 0.152. The van der Waals surface area contributed by atoms with Crippen molar-refractivity contribution in [3.8, 4) is 73.2 Å². The standard InChI is InChI=1S/C74H53N5/c1-46-15-13-17-53(39-46)65-45-66(76-74(75-65)54-18-14-16-47(2)40-54)55-41-48(3)73(49(4)42-55)52-29-27-50(28-30-52)51-31-33-56(34-32-51)77-71-37-35-57(78-67-23-9-5-19-59(67)60-20-6-10-24-68(60)78)43-63(71)64-44-58(36-38-72(64)77)79-69-25-11-7-21-61(69)62-22-8-12-26-70(62)79/h5-45H,1-4H3. The van der Waals surface area contributed by atoms with Crippen molar-refractivity contribution >= 4 is 65.4 Å². The van der Waals surface area contributed by atoms with Crippen LogP contribution in [0.1, 0.15) is 22.3 Å². The number of hydrogen-bond acceptors (Lipinski definition) is 2. The van der Waals surface area contributed by atoms with Crippen LogP contribution < -0.4 is 0 Å². The van der Waals surface area contributed by atoms with Crippen LogP contribution in [-0.2, 0) is 0 Å². The van der Waals surface area contributed by atoms with Gasteiger partial charge in [-0.2, -0.15) is 0 Å². The van der Waals surface area contributed by atoms with Crippen LogP contribution in [-0.4, -0.2) is 23.7 Å². The van der Waals surface area contributed by atoms with E-state index < -0.39 is 0 Å². The van der Waals surface area contributed by atoms with E-state index in [4.69, 9.17) is 9.97 Å². The molecule has 79 heavy (non-hydrogen) atoms. The van der Waals surface area contributed by atoms with Crippen molar-refractivity contribution < 1.29 is 0 Å². The van der Waals surface area contributed by atoms with E-state index >= 15 is 0 Å². The molecule has 5 heteroatoms. The Kier molecular flexibility index (Phi) is 10.7. The lowest BCUT2D eigenvalue weighted by Crippen LogP contribution is -1.98. The van der Waals surface area contributed by atoms with Gasteiger partial charge in [-0.25, -0.2) is 9.97 Å². The molecule has 11 aromatic carbocycles. The van der Waals surface area contributed by atoms with Crippen LogP contribution in [0.3, 0.4) is 0 Å².